The number of anilines is 1. The van der Waals surface area contributed by atoms with Gasteiger partial charge in [-0.3, -0.25) is 14.9 Å². The number of nitrogens with one attached hydrogen (secondary N) is 1. The smallest absolute Gasteiger partial charge is 0.250 e. The number of carbonyl (C=O) groups is 2. The molecule has 3 rings (SSSR count). The second-order valence-corrected chi connectivity index (χ2v) is 7.71. The highest BCUT2D eigenvalue weighted by atomic mass is 32.1. The summed E-state index contributed by atoms with van der Waals surface area (Å²) >= 11 is 2.81. The van der Waals surface area contributed by atoms with Crippen LogP contribution in [0.1, 0.15) is 26.3 Å². The first-order valence-corrected chi connectivity index (χ1v) is 9.29. The number of thiazole rings is 1. The molecule has 1 amide bonds. The van der Waals surface area contributed by atoms with Crippen LogP contribution in [0.25, 0.3) is 17.3 Å². The van der Waals surface area contributed by atoms with Gasteiger partial charge in [-0.25, -0.2) is 4.98 Å². The lowest BCUT2D eigenvalue weighted by molar-refractivity contribution is -0.111. The highest BCUT2D eigenvalue weighted by Crippen LogP contribution is 2.31. The van der Waals surface area contributed by atoms with Crippen molar-refractivity contribution in [2.75, 3.05) is 5.32 Å². The normalized spacial score (nSPS) is 11.0. The molecule has 1 N–H and O–H groups in total. The van der Waals surface area contributed by atoms with E-state index in [2.05, 4.69) is 10.3 Å². The summed E-state index contributed by atoms with van der Waals surface area (Å²) in [7, 11) is 0. The van der Waals surface area contributed by atoms with Crippen molar-refractivity contribution < 1.29 is 9.59 Å². The Hall–Kier alpha value is -2.57. The van der Waals surface area contributed by atoms with E-state index < -0.39 is 0 Å². The van der Waals surface area contributed by atoms with Gasteiger partial charge in [0.2, 0.25) is 5.91 Å². The minimum absolute atomic E-state index is 0.0681. The standard InChI is InChI=1S/C19H16N2O2S2/c1-12-8-9-15(24-12)10-11-16(23)20-19-21-17(18(25-19)13(2)22)14-6-4-3-5-7-14/h3-11H,1-2H3,(H,20,21,23)/b11-10+. The fourth-order valence-electron chi connectivity index (χ4n) is 2.25. The Bertz CT molecular complexity index is 940. The first kappa shape index (κ1) is 17.3. The van der Waals surface area contributed by atoms with Crippen molar-refractivity contribution >= 4 is 45.6 Å². The summed E-state index contributed by atoms with van der Waals surface area (Å²) in [6.07, 6.45) is 3.24. The molecule has 0 aliphatic carbocycles. The van der Waals surface area contributed by atoms with E-state index >= 15 is 0 Å². The van der Waals surface area contributed by atoms with Gasteiger partial charge in [0, 0.05) is 28.3 Å². The van der Waals surface area contributed by atoms with Crippen LogP contribution in [-0.4, -0.2) is 16.7 Å². The maximum Gasteiger partial charge on any atom is 0.250 e. The van der Waals surface area contributed by atoms with Crippen LogP contribution in [-0.2, 0) is 4.79 Å². The van der Waals surface area contributed by atoms with Gasteiger partial charge in [0.15, 0.2) is 10.9 Å². The lowest BCUT2D eigenvalue weighted by Gasteiger charge is -1.98. The third kappa shape index (κ3) is 4.29. The molecule has 1 aromatic carbocycles. The second kappa shape index (κ2) is 7.55. The van der Waals surface area contributed by atoms with E-state index in [-0.39, 0.29) is 11.7 Å². The highest BCUT2D eigenvalue weighted by molar-refractivity contribution is 7.18. The molecule has 25 heavy (non-hydrogen) atoms. The lowest BCUT2D eigenvalue weighted by atomic mass is 10.1. The number of hydrogen-bond donors (Lipinski definition) is 1. The van der Waals surface area contributed by atoms with E-state index in [0.717, 1.165) is 10.4 Å². The number of thiophene rings is 1. The number of rotatable bonds is 5. The molecule has 2 heterocycles. The maximum absolute atomic E-state index is 12.1. The SMILES string of the molecule is CC(=O)c1sc(NC(=O)/C=C/c2ccc(C)s2)nc1-c1ccccc1. The number of hydrogen-bond acceptors (Lipinski definition) is 5. The Morgan fingerprint density at radius 3 is 2.48 bits per heavy atom. The van der Waals surface area contributed by atoms with E-state index in [0.29, 0.717) is 15.7 Å². The predicted octanol–water partition coefficient (Wildman–Crippen LogP) is 5.03. The lowest BCUT2D eigenvalue weighted by Crippen LogP contribution is -2.07. The van der Waals surface area contributed by atoms with Crippen molar-refractivity contribution in [3.8, 4) is 11.3 Å². The monoisotopic (exact) mass is 368 g/mol. The summed E-state index contributed by atoms with van der Waals surface area (Å²) < 4.78 is 0. The summed E-state index contributed by atoms with van der Waals surface area (Å²) in [5, 5.41) is 3.16. The van der Waals surface area contributed by atoms with Crippen molar-refractivity contribution in [1.29, 1.82) is 0 Å². The molecule has 2 aromatic heterocycles. The van der Waals surface area contributed by atoms with Crippen LogP contribution in [0.3, 0.4) is 0 Å². The van der Waals surface area contributed by atoms with Gasteiger partial charge in [0.05, 0.1) is 10.6 Å². The van der Waals surface area contributed by atoms with Crippen LogP contribution in [0.5, 0.6) is 0 Å². The summed E-state index contributed by atoms with van der Waals surface area (Å²) in [5.41, 5.74) is 1.46. The van der Waals surface area contributed by atoms with Gasteiger partial charge in [-0.1, -0.05) is 41.7 Å². The maximum atomic E-state index is 12.1. The number of nitrogens with zero attached hydrogens (tertiary/aromatic N) is 1. The molecular weight excluding hydrogens is 352 g/mol. The minimum atomic E-state index is -0.269. The molecule has 0 saturated carbocycles. The Labute approximate surface area is 153 Å². The first-order valence-electron chi connectivity index (χ1n) is 7.65. The first-order chi connectivity index (χ1) is 12.0. The zero-order chi connectivity index (χ0) is 17.8. The molecule has 0 aliphatic rings. The number of carbonyl (C=O) groups excluding carboxylic acids is 2. The largest absolute Gasteiger partial charge is 0.298 e. The van der Waals surface area contributed by atoms with Crippen LogP contribution in [0.15, 0.2) is 48.5 Å². The summed E-state index contributed by atoms with van der Waals surface area (Å²) in [6, 6.07) is 13.5. The zero-order valence-corrected chi connectivity index (χ0v) is 15.4. The molecule has 0 atom stereocenters. The minimum Gasteiger partial charge on any atom is -0.298 e. The molecule has 0 saturated heterocycles. The quantitative estimate of drug-likeness (QED) is 0.507. The molecule has 3 aromatic rings. The van der Waals surface area contributed by atoms with Crippen LogP contribution < -0.4 is 5.32 Å². The summed E-state index contributed by atoms with van der Waals surface area (Å²) in [4.78, 5) is 31.2. The molecule has 0 fully saturated rings. The van der Waals surface area contributed by atoms with Gasteiger partial charge in [-0.2, -0.15) is 0 Å². The number of amides is 1. The summed E-state index contributed by atoms with van der Waals surface area (Å²) in [5.74, 6) is -0.337. The average molecular weight is 368 g/mol. The van der Waals surface area contributed by atoms with Gasteiger partial charge in [-0.15, -0.1) is 11.3 Å². The van der Waals surface area contributed by atoms with E-state index in [9.17, 15) is 9.59 Å². The zero-order valence-electron chi connectivity index (χ0n) is 13.8. The van der Waals surface area contributed by atoms with Crippen molar-refractivity contribution in [2.45, 2.75) is 13.8 Å². The molecule has 0 aliphatic heterocycles. The van der Waals surface area contributed by atoms with Gasteiger partial charge in [0.25, 0.3) is 0 Å². The topological polar surface area (TPSA) is 59.1 Å². The molecule has 0 radical (unpaired) electrons. The van der Waals surface area contributed by atoms with Crippen LogP contribution >= 0.6 is 22.7 Å². The number of Topliss-reactive ketones (excluding diaryl/α,β-unsaturated/α-hetero) is 1. The van der Waals surface area contributed by atoms with Crippen molar-refractivity contribution in [3.63, 3.8) is 0 Å². The Kier molecular flexibility index (Phi) is 5.21. The molecule has 0 spiro atoms. The molecule has 0 bridgehead atoms. The fraction of sp³-hybridized carbons (Fsp3) is 0.105. The molecule has 4 nitrogen and oxygen atoms in total. The van der Waals surface area contributed by atoms with Gasteiger partial charge < -0.3 is 0 Å². The van der Waals surface area contributed by atoms with Gasteiger partial charge in [0.1, 0.15) is 0 Å². The number of ketones is 1. The van der Waals surface area contributed by atoms with E-state index in [4.69, 9.17) is 0 Å². The van der Waals surface area contributed by atoms with Crippen molar-refractivity contribution in [1.82, 2.24) is 4.98 Å². The predicted molar refractivity (Wildman–Crippen MR) is 104 cm³/mol. The summed E-state index contributed by atoms with van der Waals surface area (Å²) in [6.45, 7) is 3.52. The molecular formula is C19H16N2O2S2. The van der Waals surface area contributed by atoms with Crippen LogP contribution in [0.2, 0.25) is 0 Å². The van der Waals surface area contributed by atoms with E-state index in [1.54, 1.807) is 17.4 Å². The Morgan fingerprint density at radius 1 is 1.08 bits per heavy atom. The average Bonchev–Trinajstić information content (AvgIpc) is 3.20. The van der Waals surface area contributed by atoms with Crippen LogP contribution in [0, 0.1) is 6.92 Å². The number of aromatic nitrogens is 1. The highest BCUT2D eigenvalue weighted by Gasteiger charge is 2.17. The van der Waals surface area contributed by atoms with Crippen molar-refractivity contribution in [2.24, 2.45) is 0 Å². The van der Waals surface area contributed by atoms with Crippen LogP contribution in [0.4, 0.5) is 5.13 Å². The second-order valence-electron chi connectivity index (χ2n) is 5.39. The van der Waals surface area contributed by atoms with Gasteiger partial charge >= 0.3 is 0 Å². The third-order valence-electron chi connectivity index (χ3n) is 3.38. The molecule has 0 unspecified atom stereocenters. The Balaban J connectivity index is 1.80. The fourth-order valence-corrected chi connectivity index (χ4v) is 3.92. The molecule has 6 heteroatoms. The van der Waals surface area contributed by atoms with E-state index in [1.165, 1.54) is 29.2 Å². The van der Waals surface area contributed by atoms with E-state index in [1.807, 2.05) is 49.4 Å². The number of benzene rings is 1. The van der Waals surface area contributed by atoms with Gasteiger partial charge in [-0.05, 0) is 25.1 Å². The van der Waals surface area contributed by atoms with Crippen molar-refractivity contribution in [3.05, 3.63) is 63.2 Å². The third-order valence-corrected chi connectivity index (χ3v) is 5.42. The molecule has 126 valence electrons. The Morgan fingerprint density at radius 2 is 1.84 bits per heavy atom. The number of aryl methyl sites for hydroxylation is 1.